The number of carboxylic acid groups (broad SMARTS) is 2. The third-order valence-electron chi connectivity index (χ3n) is 3.30. The summed E-state index contributed by atoms with van der Waals surface area (Å²) in [7, 11) is 0. The Hall–Kier alpha value is -2.45. The number of thioether (sulfide) groups is 1. The number of nitrogens with zero attached hydrogens (tertiary/aromatic N) is 1. The van der Waals surface area contributed by atoms with Gasteiger partial charge < -0.3 is 10.2 Å². The van der Waals surface area contributed by atoms with Crippen LogP contribution in [0, 0.1) is 0 Å². The van der Waals surface area contributed by atoms with Gasteiger partial charge in [0, 0.05) is 19.0 Å². The van der Waals surface area contributed by atoms with Crippen LogP contribution in [-0.4, -0.2) is 43.8 Å². The van der Waals surface area contributed by atoms with Crippen molar-refractivity contribution in [1.29, 1.82) is 0 Å². The quantitative estimate of drug-likeness (QED) is 0.557. The van der Waals surface area contributed by atoms with E-state index in [1.54, 1.807) is 30.3 Å². The minimum atomic E-state index is -1.02. The van der Waals surface area contributed by atoms with E-state index in [2.05, 4.69) is 0 Å². The molecular formula is C17H15NO5S2. The van der Waals surface area contributed by atoms with Crippen LogP contribution in [0.2, 0.25) is 0 Å². The number of benzene rings is 1. The molecule has 0 spiro atoms. The van der Waals surface area contributed by atoms with Crippen molar-refractivity contribution in [2.45, 2.75) is 12.8 Å². The van der Waals surface area contributed by atoms with Crippen molar-refractivity contribution in [1.82, 2.24) is 4.90 Å². The lowest BCUT2D eigenvalue weighted by Crippen LogP contribution is -2.29. The highest BCUT2D eigenvalue weighted by molar-refractivity contribution is 8.26. The fourth-order valence-electron chi connectivity index (χ4n) is 2.10. The van der Waals surface area contributed by atoms with Crippen LogP contribution in [0.15, 0.2) is 35.2 Å². The number of carbonyl (C=O) groups excluding carboxylic acids is 1. The molecule has 1 amide bonds. The van der Waals surface area contributed by atoms with E-state index < -0.39 is 11.9 Å². The molecule has 0 unspecified atom stereocenters. The Bertz CT molecular complexity index is 768. The number of carboxylic acids is 2. The summed E-state index contributed by atoms with van der Waals surface area (Å²) in [5.41, 5.74) is 1.53. The number of rotatable bonds is 7. The summed E-state index contributed by atoms with van der Waals surface area (Å²) in [6.07, 6.45) is 4.58. The highest BCUT2D eigenvalue weighted by atomic mass is 32.2. The molecule has 8 heteroatoms. The van der Waals surface area contributed by atoms with E-state index in [4.69, 9.17) is 22.4 Å². The van der Waals surface area contributed by atoms with Crippen molar-refractivity contribution < 1.29 is 24.6 Å². The Kier molecular flexibility index (Phi) is 6.49. The molecule has 2 N–H and O–H groups in total. The summed E-state index contributed by atoms with van der Waals surface area (Å²) in [6.45, 7) is 0.285. The number of hydrogen-bond donors (Lipinski definition) is 2. The molecule has 1 aromatic rings. The Morgan fingerprint density at radius 1 is 1.16 bits per heavy atom. The van der Waals surface area contributed by atoms with Crippen molar-refractivity contribution in [3.8, 4) is 0 Å². The molecule has 0 aliphatic carbocycles. The van der Waals surface area contributed by atoms with Crippen LogP contribution < -0.4 is 0 Å². The first kappa shape index (κ1) is 18.9. The van der Waals surface area contributed by atoms with Gasteiger partial charge in [-0.05, 0) is 29.7 Å². The summed E-state index contributed by atoms with van der Waals surface area (Å²) in [5, 5.41) is 17.3. The second-order valence-electron chi connectivity index (χ2n) is 5.17. The lowest BCUT2D eigenvalue weighted by Gasteiger charge is -2.13. The van der Waals surface area contributed by atoms with E-state index in [0.29, 0.717) is 15.6 Å². The fourth-order valence-corrected chi connectivity index (χ4v) is 3.41. The number of carbonyl (C=O) groups is 3. The maximum absolute atomic E-state index is 12.4. The molecule has 1 heterocycles. The largest absolute Gasteiger partial charge is 0.481 e. The van der Waals surface area contributed by atoms with E-state index >= 15 is 0 Å². The van der Waals surface area contributed by atoms with Crippen LogP contribution in [0.5, 0.6) is 0 Å². The second kappa shape index (κ2) is 8.59. The first-order chi connectivity index (χ1) is 11.9. The molecule has 1 saturated heterocycles. The van der Waals surface area contributed by atoms with Crippen molar-refractivity contribution in [2.75, 3.05) is 6.54 Å². The number of thiocarbonyl (C=S) groups is 1. The maximum atomic E-state index is 12.4. The van der Waals surface area contributed by atoms with Crippen LogP contribution in [0.3, 0.4) is 0 Å². The minimum absolute atomic E-state index is 0.0125. The SMILES string of the molecule is O=C(O)C=Cc1ccc(C=C2SC(=S)N(CCCC(=O)O)C2=O)cc1. The zero-order chi connectivity index (χ0) is 18.4. The van der Waals surface area contributed by atoms with Crippen molar-refractivity contribution in [3.63, 3.8) is 0 Å². The zero-order valence-electron chi connectivity index (χ0n) is 13.0. The molecule has 0 bridgehead atoms. The average Bonchev–Trinajstić information content (AvgIpc) is 2.81. The van der Waals surface area contributed by atoms with Gasteiger partial charge in [-0.25, -0.2) is 4.79 Å². The van der Waals surface area contributed by atoms with E-state index in [1.165, 1.54) is 22.7 Å². The molecular weight excluding hydrogens is 362 g/mol. The van der Waals surface area contributed by atoms with Gasteiger partial charge in [0.15, 0.2) is 0 Å². The molecule has 0 saturated carbocycles. The summed E-state index contributed by atoms with van der Waals surface area (Å²) < 4.78 is 0.419. The number of aliphatic carboxylic acids is 2. The van der Waals surface area contributed by atoms with Gasteiger partial charge in [-0.15, -0.1) is 0 Å². The second-order valence-corrected chi connectivity index (χ2v) is 6.84. The predicted molar refractivity (Wildman–Crippen MR) is 99.9 cm³/mol. The Labute approximate surface area is 153 Å². The van der Waals surface area contributed by atoms with Gasteiger partial charge in [0.1, 0.15) is 4.32 Å². The van der Waals surface area contributed by atoms with Gasteiger partial charge in [0.25, 0.3) is 5.91 Å². The fraction of sp³-hybridized carbons (Fsp3) is 0.176. The molecule has 1 aromatic carbocycles. The summed E-state index contributed by atoms with van der Waals surface area (Å²) >= 11 is 6.37. The zero-order valence-corrected chi connectivity index (χ0v) is 14.7. The average molecular weight is 377 g/mol. The monoisotopic (exact) mass is 377 g/mol. The number of amides is 1. The smallest absolute Gasteiger partial charge is 0.328 e. The van der Waals surface area contributed by atoms with Gasteiger partial charge in [-0.3, -0.25) is 14.5 Å². The molecule has 25 heavy (non-hydrogen) atoms. The van der Waals surface area contributed by atoms with Gasteiger partial charge in [0.05, 0.1) is 4.91 Å². The lowest BCUT2D eigenvalue weighted by atomic mass is 10.1. The maximum Gasteiger partial charge on any atom is 0.328 e. The molecule has 1 aliphatic rings. The molecule has 1 aliphatic heterocycles. The van der Waals surface area contributed by atoms with Crippen LogP contribution in [0.4, 0.5) is 0 Å². The van der Waals surface area contributed by atoms with Gasteiger partial charge >= 0.3 is 11.9 Å². The van der Waals surface area contributed by atoms with Crippen molar-refractivity contribution in [2.24, 2.45) is 0 Å². The van der Waals surface area contributed by atoms with E-state index in [1.807, 2.05) is 0 Å². The first-order valence-electron chi connectivity index (χ1n) is 7.35. The lowest BCUT2D eigenvalue weighted by molar-refractivity contribution is -0.137. The molecule has 130 valence electrons. The molecule has 1 fully saturated rings. The van der Waals surface area contributed by atoms with E-state index in [9.17, 15) is 14.4 Å². The minimum Gasteiger partial charge on any atom is -0.481 e. The summed E-state index contributed by atoms with van der Waals surface area (Å²) in [6, 6.07) is 7.05. The van der Waals surface area contributed by atoms with E-state index in [0.717, 1.165) is 17.2 Å². The molecule has 2 rings (SSSR count). The van der Waals surface area contributed by atoms with Crippen LogP contribution >= 0.6 is 24.0 Å². The van der Waals surface area contributed by atoms with Gasteiger partial charge in [0.2, 0.25) is 0 Å². The highest BCUT2D eigenvalue weighted by Crippen LogP contribution is 2.32. The molecule has 0 atom stereocenters. The summed E-state index contributed by atoms with van der Waals surface area (Å²) in [5.74, 6) is -2.15. The Balaban J connectivity index is 2.05. The normalized spacial score (nSPS) is 16.2. The van der Waals surface area contributed by atoms with E-state index in [-0.39, 0.29) is 18.9 Å². The predicted octanol–water partition coefficient (Wildman–Crippen LogP) is 2.85. The first-order valence-corrected chi connectivity index (χ1v) is 8.57. The standard InChI is InChI=1S/C17H15NO5S2/c19-14(20)2-1-9-18-16(23)13(25-17(18)24)10-12-5-3-11(4-6-12)7-8-15(21)22/h3-8,10H,1-2,9H2,(H,19,20)(H,21,22). The highest BCUT2D eigenvalue weighted by Gasteiger charge is 2.31. The third-order valence-corrected chi connectivity index (χ3v) is 4.68. The van der Waals surface area contributed by atoms with Gasteiger partial charge in [-0.2, -0.15) is 0 Å². The van der Waals surface area contributed by atoms with Crippen molar-refractivity contribution in [3.05, 3.63) is 46.4 Å². The summed E-state index contributed by atoms with van der Waals surface area (Å²) in [4.78, 5) is 35.3. The Morgan fingerprint density at radius 2 is 1.80 bits per heavy atom. The molecule has 0 radical (unpaired) electrons. The van der Waals surface area contributed by atoms with Gasteiger partial charge in [-0.1, -0.05) is 48.2 Å². The van der Waals surface area contributed by atoms with Crippen LogP contribution in [-0.2, 0) is 14.4 Å². The van der Waals surface area contributed by atoms with Crippen LogP contribution in [0.1, 0.15) is 24.0 Å². The molecule has 0 aromatic heterocycles. The topological polar surface area (TPSA) is 94.9 Å². The molecule has 6 nitrogen and oxygen atoms in total. The third kappa shape index (κ3) is 5.54. The van der Waals surface area contributed by atoms with Crippen LogP contribution in [0.25, 0.3) is 12.2 Å². The van der Waals surface area contributed by atoms with Crippen molar-refractivity contribution >= 4 is 58.3 Å². The Morgan fingerprint density at radius 3 is 2.40 bits per heavy atom. The number of hydrogen-bond acceptors (Lipinski definition) is 5.